The summed E-state index contributed by atoms with van der Waals surface area (Å²) in [6, 6.07) is 0. The van der Waals surface area contributed by atoms with Gasteiger partial charge in [0.15, 0.2) is 0 Å². The van der Waals surface area contributed by atoms with Gasteiger partial charge in [-0.3, -0.25) is 0 Å². The van der Waals surface area contributed by atoms with Crippen LogP contribution in [-0.4, -0.2) is 39.0 Å². The molecule has 13 heavy (non-hydrogen) atoms. The van der Waals surface area contributed by atoms with Crippen molar-refractivity contribution in [2.24, 2.45) is 5.41 Å². The number of rotatable bonds is 2. The molecule has 0 aromatic rings. The van der Waals surface area contributed by atoms with Gasteiger partial charge in [0.2, 0.25) is 0 Å². The van der Waals surface area contributed by atoms with Gasteiger partial charge >= 0.3 is 5.97 Å². The van der Waals surface area contributed by atoms with Gasteiger partial charge in [0.1, 0.15) is 6.10 Å². The third-order valence-corrected chi connectivity index (χ3v) is 2.72. The number of methoxy groups -OCH3 is 1. The third kappa shape index (κ3) is 1.38. The Morgan fingerprint density at radius 2 is 1.62 bits per heavy atom. The third-order valence-electron chi connectivity index (χ3n) is 2.72. The lowest BCUT2D eigenvalue weighted by atomic mass is 9.91. The summed E-state index contributed by atoms with van der Waals surface area (Å²) in [4.78, 5) is 0. The van der Waals surface area contributed by atoms with Gasteiger partial charge in [0.05, 0.1) is 19.8 Å². The van der Waals surface area contributed by atoms with Crippen LogP contribution in [0.2, 0.25) is 0 Å². The van der Waals surface area contributed by atoms with Crippen molar-refractivity contribution in [3.63, 3.8) is 0 Å². The maximum Gasteiger partial charge on any atom is 0.310 e. The van der Waals surface area contributed by atoms with Crippen LogP contribution >= 0.6 is 0 Å². The van der Waals surface area contributed by atoms with E-state index in [9.17, 15) is 0 Å². The first-order valence-electron chi connectivity index (χ1n) is 4.55. The molecule has 3 rings (SSSR count). The van der Waals surface area contributed by atoms with E-state index in [1.165, 1.54) is 0 Å². The molecule has 76 valence electrons. The Morgan fingerprint density at radius 3 is 2.00 bits per heavy atom. The van der Waals surface area contributed by atoms with Gasteiger partial charge < -0.3 is 18.9 Å². The SMILES string of the molecule is COC(C)C12OCC(C)(CO1)CO2. The van der Waals surface area contributed by atoms with Gasteiger partial charge in [-0.05, 0) is 6.92 Å². The lowest BCUT2D eigenvalue weighted by Gasteiger charge is -2.51. The summed E-state index contributed by atoms with van der Waals surface area (Å²) in [6.07, 6.45) is -0.197. The second-order valence-electron chi connectivity index (χ2n) is 4.16. The largest absolute Gasteiger partial charge is 0.373 e. The molecule has 0 N–H and O–H groups in total. The van der Waals surface area contributed by atoms with E-state index in [0.29, 0.717) is 19.8 Å². The molecule has 0 aromatic carbocycles. The van der Waals surface area contributed by atoms with Gasteiger partial charge in [-0.25, -0.2) is 0 Å². The van der Waals surface area contributed by atoms with Crippen LogP contribution in [0.1, 0.15) is 13.8 Å². The molecule has 3 aliphatic rings. The quantitative estimate of drug-likeness (QED) is 0.641. The fourth-order valence-electron chi connectivity index (χ4n) is 1.57. The van der Waals surface area contributed by atoms with Crippen LogP contribution in [0.4, 0.5) is 0 Å². The van der Waals surface area contributed by atoms with Crippen molar-refractivity contribution in [2.75, 3.05) is 26.9 Å². The summed E-state index contributed by atoms with van der Waals surface area (Å²) in [7, 11) is 1.62. The first kappa shape index (κ1) is 9.40. The highest BCUT2D eigenvalue weighted by molar-refractivity contribution is 4.87. The van der Waals surface area contributed by atoms with Crippen molar-refractivity contribution in [3.05, 3.63) is 0 Å². The predicted octanol–water partition coefficient (Wildman–Crippen LogP) is 0.758. The van der Waals surface area contributed by atoms with Crippen molar-refractivity contribution >= 4 is 0 Å². The van der Waals surface area contributed by atoms with Gasteiger partial charge in [-0.15, -0.1) is 0 Å². The van der Waals surface area contributed by atoms with E-state index in [0.717, 1.165) is 0 Å². The molecule has 0 spiro atoms. The van der Waals surface area contributed by atoms with E-state index < -0.39 is 5.97 Å². The zero-order valence-electron chi connectivity index (χ0n) is 8.33. The molecule has 1 atom stereocenters. The maximum absolute atomic E-state index is 5.55. The molecule has 2 bridgehead atoms. The smallest absolute Gasteiger partial charge is 0.310 e. The van der Waals surface area contributed by atoms with Crippen LogP contribution in [0.15, 0.2) is 0 Å². The molecule has 4 heteroatoms. The number of hydrogen-bond acceptors (Lipinski definition) is 4. The molecule has 0 saturated carbocycles. The molecular formula is C9H16O4. The minimum atomic E-state index is -0.952. The Hall–Kier alpha value is -0.160. The van der Waals surface area contributed by atoms with Gasteiger partial charge in [0, 0.05) is 12.5 Å². The second-order valence-corrected chi connectivity index (χ2v) is 4.16. The van der Waals surface area contributed by atoms with Crippen molar-refractivity contribution in [3.8, 4) is 0 Å². The highest BCUT2D eigenvalue weighted by atomic mass is 16.9. The normalized spacial score (nSPS) is 46.4. The molecule has 3 saturated heterocycles. The van der Waals surface area contributed by atoms with E-state index in [-0.39, 0.29) is 11.5 Å². The Balaban J connectivity index is 2.11. The summed E-state index contributed by atoms with van der Waals surface area (Å²) in [5.74, 6) is -0.952. The lowest BCUT2D eigenvalue weighted by Crippen LogP contribution is -2.63. The van der Waals surface area contributed by atoms with Crippen LogP contribution < -0.4 is 0 Å². The lowest BCUT2D eigenvalue weighted by molar-refractivity contribution is -0.488. The van der Waals surface area contributed by atoms with Crippen LogP contribution in [0, 0.1) is 5.41 Å². The molecule has 0 aliphatic carbocycles. The molecule has 3 fully saturated rings. The first-order valence-corrected chi connectivity index (χ1v) is 4.55. The highest BCUT2D eigenvalue weighted by Gasteiger charge is 2.53. The molecule has 3 aliphatic heterocycles. The average molecular weight is 188 g/mol. The van der Waals surface area contributed by atoms with Crippen LogP contribution in [0.25, 0.3) is 0 Å². The number of hydrogen-bond donors (Lipinski definition) is 0. The summed E-state index contributed by atoms with van der Waals surface area (Å²) < 4.78 is 21.8. The van der Waals surface area contributed by atoms with Gasteiger partial charge in [-0.2, -0.15) is 0 Å². The molecular weight excluding hydrogens is 172 g/mol. The molecule has 3 heterocycles. The summed E-state index contributed by atoms with van der Waals surface area (Å²) in [5, 5.41) is 0. The minimum Gasteiger partial charge on any atom is -0.373 e. The van der Waals surface area contributed by atoms with E-state index in [4.69, 9.17) is 18.9 Å². The Labute approximate surface area is 78.1 Å². The molecule has 4 nitrogen and oxygen atoms in total. The zero-order valence-corrected chi connectivity index (χ0v) is 8.33. The fourth-order valence-corrected chi connectivity index (χ4v) is 1.57. The second kappa shape index (κ2) is 2.92. The Kier molecular flexibility index (Phi) is 2.11. The van der Waals surface area contributed by atoms with Crippen molar-refractivity contribution in [2.45, 2.75) is 25.9 Å². The average Bonchev–Trinajstić information content (AvgIpc) is 2.18. The van der Waals surface area contributed by atoms with Gasteiger partial charge in [-0.1, -0.05) is 6.92 Å². The standard InChI is InChI=1S/C9H16O4/c1-7(10-3)9-11-4-8(2,5-12-9)6-13-9/h7H,4-6H2,1-3H3. The Bertz CT molecular complexity index is 179. The van der Waals surface area contributed by atoms with Gasteiger partial charge in [0.25, 0.3) is 0 Å². The number of fused-ring (bicyclic) bond motifs is 3. The first-order chi connectivity index (χ1) is 6.10. The molecule has 0 radical (unpaired) electrons. The maximum atomic E-state index is 5.55. The Morgan fingerprint density at radius 1 is 1.15 bits per heavy atom. The predicted molar refractivity (Wildman–Crippen MR) is 45.2 cm³/mol. The van der Waals surface area contributed by atoms with Crippen LogP contribution in [0.5, 0.6) is 0 Å². The minimum absolute atomic E-state index is 0.0230. The molecule has 1 unspecified atom stereocenters. The molecule has 0 amide bonds. The van der Waals surface area contributed by atoms with E-state index >= 15 is 0 Å². The highest BCUT2D eigenvalue weighted by Crippen LogP contribution is 2.40. The van der Waals surface area contributed by atoms with Crippen LogP contribution in [0.3, 0.4) is 0 Å². The van der Waals surface area contributed by atoms with Crippen molar-refractivity contribution in [1.82, 2.24) is 0 Å². The van der Waals surface area contributed by atoms with Crippen molar-refractivity contribution in [1.29, 1.82) is 0 Å². The summed E-state index contributed by atoms with van der Waals surface area (Å²) >= 11 is 0. The van der Waals surface area contributed by atoms with E-state index in [1.807, 2.05) is 6.92 Å². The molecule has 0 aromatic heterocycles. The number of ether oxygens (including phenoxy) is 4. The van der Waals surface area contributed by atoms with Crippen LogP contribution in [-0.2, 0) is 18.9 Å². The fraction of sp³-hybridized carbons (Fsp3) is 1.00. The summed E-state index contributed by atoms with van der Waals surface area (Å²) in [5.41, 5.74) is 0.0230. The monoisotopic (exact) mass is 188 g/mol. The summed E-state index contributed by atoms with van der Waals surface area (Å²) in [6.45, 7) is 6.02. The van der Waals surface area contributed by atoms with E-state index in [2.05, 4.69) is 6.92 Å². The zero-order chi connectivity index (χ0) is 9.53. The topological polar surface area (TPSA) is 36.9 Å². The van der Waals surface area contributed by atoms with E-state index in [1.54, 1.807) is 7.11 Å². The van der Waals surface area contributed by atoms with Crippen molar-refractivity contribution < 1.29 is 18.9 Å².